The topological polar surface area (TPSA) is 58.1 Å². The molecule has 0 amide bonds. The summed E-state index contributed by atoms with van der Waals surface area (Å²) < 4.78 is 11.2. The lowest BCUT2D eigenvalue weighted by Crippen LogP contribution is -2.38. The molecule has 7 heteroatoms. The molecule has 0 saturated carbocycles. The van der Waals surface area contributed by atoms with Gasteiger partial charge in [-0.2, -0.15) is 0 Å². The molecular formula is C22H35ClN4O2. The quantitative estimate of drug-likeness (QED) is 0.363. The molecule has 6 nitrogen and oxygen atoms in total. The summed E-state index contributed by atoms with van der Waals surface area (Å²) in [6, 6.07) is 6.13. The Morgan fingerprint density at radius 2 is 2.24 bits per heavy atom. The maximum Gasteiger partial charge on any atom is 0.191 e. The first-order valence-corrected chi connectivity index (χ1v) is 11.3. The minimum atomic E-state index is 0.283. The van der Waals surface area contributed by atoms with Gasteiger partial charge in [-0.25, -0.2) is 0 Å². The average molecular weight is 423 g/mol. The van der Waals surface area contributed by atoms with Crippen LogP contribution in [0.3, 0.4) is 0 Å². The molecule has 0 aromatic heterocycles. The fourth-order valence-electron chi connectivity index (χ4n) is 3.86. The van der Waals surface area contributed by atoms with Gasteiger partial charge in [-0.3, -0.25) is 4.99 Å². The predicted molar refractivity (Wildman–Crippen MR) is 120 cm³/mol. The molecule has 162 valence electrons. The Morgan fingerprint density at radius 3 is 3.03 bits per heavy atom. The number of rotatable bonds is 9. The molecule has 2 fully saturated rings. The van der Waals surface area contributed by atoms with E-state index in [4.69, 9.17) is 26.1 Å². The van der Waals surface area contributed by atoms with E-state index in [0.29, 0.717) is 5.92 Å². The summed E-state index contributed by atoms with van der Waals surface area (Å²) in [5, 5.41) is 7.57. The highest BCUT2D eigenvalue weighted by molar-refractivity contribution is 6.30. The molecule has 0 bridgehead atoms. The molecule has 2 heterocycles. The number of hydrogen-bond donors (Lipinski definition) is 2. The number of aliphatic imine (C=N–C) groups is 1. The van der Waals surface area contributed by atoms with Gasteiger partial charge in [0.15, 0.2) is 5.96 Å². The van der Waals surface area contributed by atoms with Crippen molar-refractivity contribution in [2.45, 2.75) is 39.2 Å². The smallest absolute Gasteiger partial charge is 0.191 e. The second-order valence-corrected chi connectivity index (χ2v) is 8.32. The second-order valence-electron chi connectivity index (χ2n) is 7.89. The second kappa shape index (κ2) is 11.6. The lowest BCUT2D eigenvalue weighted by Gasteiger charge is -2.21. The fourth-order valence-corrected chi connectivity index (χ4v) is 4.03. The van der Waals surface area contributed by atoms with Crippen molar-refractivity contribution in [1.29, 1.82) is 0 Å². The summed E-state index contributed by atoms with van der Waals surface area (Å²) in [7, 11) is 0. The molecule has 1 aromatic carbocycles. The molecule has 3 rings (SSSR count). The molecule has 2 unspecified atom stereocenters. The summed E-state index contributed by atoms with van der Waals surface area (Å²) in [6.45, 7) is 11.2. The average Bonchev–Trinajstić information content (AvgIpc) is 3.39. The van der Waals surface area contributed by atoms with Crippen LogP contribution >= 0.6 is 11.6 Å². The van der Waals surface area contributed by atoms with Crippen LogP contribution in [0.5, 0.6) is 0 Å². The number of anilines is 1. The summed E-state index contributed by atoms with van der Waals surface area (Å²) in [5.74, 6) is 1.46. The SMILES string of the molecule is CCNC(=NCC1CCN(c2cc(Cl)ccc2C)C1)NCCCOC1CCOC1. The first-order valence-electron chi connectivity index (χ1n) is 10.9. The van der Waals surface area contributed by atoms with Crippen molar-refractivity contribution in [3.8, 4) is 0 Å². The number of ether oxygens (including phenoxy) is 2. The number of halogens is 1. The van der Waals surface area contributed by atoms with Crippen molar-refractivity contribution in [3.05, 3.63) is 28.8 Å². The third kappa shape index (κ3) is 7.05. The van der Waals surface area contributed by atoms with Crippen LogP contribution in [-0.4, -0.2) is 64.6 Å². The zero-order chi connectivity index (χ0) is 20.5. The van der Waals surface area contributed by atoms with Gasteiger partial charge in [-0.15, -0.1) is 0 Å². The van der Waals surface area contributed by atoms with Crippen LogP contribution < -0.4 is 15.5 Å². The molecule has 1 aromatic rings. The first kappa shape index (κ1) is 22.2. The lowest BCUT2D eigenvalue weighted by atomic mass is 10.1. The van der Waals surface area contributed by atoms with Gasteiger partial charge < -0.3 is 25.0 Å². The van der Waals surface area contributed by atoms with Crippen LogP contribution in [0.2, 0.25) is 5.02 Å². The number of nitrogens with one attached hydrogen (secondary N) is 2. The van der Waals surface area contributed by atoms with Gasteiger partial charge in [-0.05, 0) is 56.7 Å². The minimum Gasteiger partial charge on any atom is -0.379 e. The van der Waals surface area contributed by atoms with E-state index in [0.717, 1.165) is 82.8 Å². The van der Waals surface area contributed by atoms with E-state index in [2.05, 4.69) is 41.5 Å². The lowest BCUT2D eigenvalue weighted by molar-refractivity contribution is 0.0420. The van der Waals surface area contributed by atoms with Crippen molar-refractivity contribution in [2.24, 2.45) is 10.9 Å². The summed E-state index contributed by atoms with van der Waals surface area (Å²) in [4.78, 5) is 7.26. The van der Waals surface area contributed by atoms with Crippen LogP contribution in [0.4, 0.5) is 5.69 Å². The molecular weight excluding hydrogens is 388 g/mol. The van der Waals surface area contributed by atoms with E-state index in [1.54, 1.807) is 0 Å². The van der Waals surface area contributed by atoms with E-state index in [-0.39, 0.29) is 6.10 Å². The molecule has 2 N–H and O–H groups in total. The van der Waals surface area contributed by atoms with Crippen LogP contribution in [0, 0.1) is 12.8 Å². The third-order valence-electron chi connectivity index (χ3n) is 5.50. The van der Waals surface area contributed by atoms with Gasteiger partial charge >= 0.3 is 0 Å². The summed E-state index contributed by atoms with van der Waals surface area (Å²) in [5.41, 5.74) is 2.53. The fraction of sp³-hybridized carbons (Fsp3) is 0.682. The van der Waals surface area contributed by atoms with Crippen LogP contribution in [0.15, 0.2) is 23.2 Å². The van der Waals surface area contributed by atoms with Crippen molar-refractivity contribution in [3.63, 3.8) is 0 Å². The van der Waals surface area contributed by atoms with Crippen LogP contribution in [0.25, 0.3) is 0 Å². The number of benzene rings is 1. The highest BCUT2D eigenvalue weighted by Crippen LogP contribution is 2.29. The van der Waals surface area contributed by atoms with Gasteiger partial charge in [0.2, 0.25) is 0 Å². The highest BCUT2D eigenvalue weighted by Gasteiger charge is 2.23. The van der Waals surface area contributed by atoms with E-state index in [1.165, 1.54) is 11.3 Å². The van der Waals surface area contributed by atoms with Crippen LogP contribution in [-0.2, 0) is 9.47 Å². The number of nitrogens with zero attached hydrogens (tertiary/aromatic N) is 2. The van der Waals surface area contributed by atoms with Gasteiger partial charge in [0.05, 0.1) is 12.7 Å². The number of guanidine groups is 1. The first-order chi connectivity index (χ1) is 14.2. The van der Waals surface area contributed by atoms with Gasteiger partial charge in [0.1, 0.15) is 0 Å². The Bertz CT molecular complexity index is 664. The van der Waals surface area contributed by atoms with Crippen molar-refractivity contribution >= 4 is 23.2 Å². The molecule has 0 spiro atoms. The Balaban J connectivity index is 1.40. The Labute approximate surface area is 180 Å². The van der Waals surface area contributed by atoms with Gasteiger partial charge in [-0.1, -0.05) is 17.7 Å². The number of hydrogen-bond acceptors (Lipinski definition) is 4. The van der Waals surface area contributed by atoms with E-state index in [1.807, 2.05) is 6.07 Å². The maximum absolute atomic E-state index is 6.20. The van der Waals surface area contributed by atoms with Crippen molar-refractivity contribution in [1.82, 2.24) is 10.6 Å². The normalized spacial score (nSPS) is 22.3. The minimum absolute atomic E-state index is 0.283. The van der Waals surface area contributed by atoms with Crippen LogP contribution in [0.1, 0.15) is 31.7 Å². The monoisotopic (exact) mass is 422 g/mol. The predicted octanol–water partition coefficient (Wildman–Crippen LogP) is 3.23. The molecule has 2 atom stereocenters. The van der Waals surface area contributed by atoms with Gasteiger partial charge in [0, 0.05) is 56.6 Å². The Kier molecular flexibility index (Phi) is 8.90. The molecule has 2 aliphatic heterocycles. The standard InChI is InChI=1S/C22H35ClN4O2/c1-3-24-22(25-9-4-11-29-20-8-12-28-16-20)26-14-18-7-10-27(15-18)21-13-19(23)6-5-17(21)2/h5-6,13,18,20H,3-4,7-12,14-16H2,1-2H3,(H2,24,25,26). The maximum atomic E-state index is 6.20. The Hall–Kier alpha value is -1.50. The molecule has 2 saturated heterocycles. The largest absolute Gasteiger partial charge is 0.379 e. The highest BCUT2D eigenvalue weighted by atomic mass is 35.5. The van der Waals surface area contributed by atoms with E-state index < -0.39 is 0 Å². The summed E-state index contributed by atoms with van der Waals surface area (Å²) >= 11 is 6.20. The number of aryl methyl sites for hydroxylation is 1. The molecule has 2 aliphatic rings. The molecule has 29 heavy (non-hydrogen) atoms. The molecule has 0 radical (unpaired) electrons. The van der Waals surface area contributed by atoms with Gasteiger partial charge in [0.25, 0.3) is 0 Å². The zero-order valence-electron chi connectivity index (χ0n) is 17.8. The van der Waals surface area contributed by atoms with E-state index >= 15 is 0 Å². The third-order valence-corrected chi connectivity index (χ3v) is 5.74. The zero-order valence-corrected chi connectivity index (χ0v) is 18.5. The van der Waals surface area contributed by atoms with E-state index in [9.17, 15) is 0 Å². The Morgan fingerprint density at radius 1 is 1.34 bits per heavy atom. The molecule has 0 aliphatic carbocycles. The van der Waals surface area contributed by atoms with Crippen molar-refractivity contribution < 1.29 is 9.47 Å². The summed E-state index contributed by atoms with van der Waals surface area (Å²) in [6.07, 6.45) is 3.42. The van der Waals surface area contributed by atoms with Crippen molar-refractivity contribution in [2.75, 3.05) is 57.4 Å².